The number of carboxylic acid groups (broad SMARTS) is 1. The molecule has 1 saturated heterocycles. The Balaban J connectivity index is 1.66. The SMILES string of the molecule is O=C(O)N1CCOC(Cc2nc3ccccn3c2C#Cc2ccccc2)C1. The smallest absolute Gasteiger partial charge is 0.407 e. The molecule has 1 aliphatic rings. The van der Waals surface area contributed by atoms with Crippen molar-refractivity contribution in [1.29, 1.82) is 0 Å². The Morgan fingerprint density at radius 3 is 2.81 bits per heavy atom. The van der Waals surface area contributed by atoms with Crippen molar-refractivity contribution in [3.8, 4) is 11.8 Å². The van der Waals surface area contributed by atoms with Gasteiger partial charge in [0.15, 0.2) is 0 Å². The number of amides is 1. The van der Waals surface area contributed by atoms with Crippen molar-refractivity contribution < 1.29 is 14.6 Å². The molecule has 2 aromatic heterocycles. The van der Waals surface area contributed by atoms with Crippen LogP contribution in [0, 0.1) is 11.8 Å². The molecule has 6 heteroatoms. The van der Waals surface area contributed by atoms with Gasteiger partial charge in [-0.25, -0.2) is 9.78 Å². The Hall–Kier alpha value is -3.30. The van der Waals surface area contributed by atoms with Gasteiger partial charge in [-0.15, -0.1) is 0 Å². The van der Waals surface area contributed by atoms with Crippen molar-refractivity contribution in [2.75, 3.05) is 19.7 Å². The summed E-state index contributed by atoms with van der Waals surface area (Å²) < 4.78 is 7.73. The largest absolute Gasteiger partial charge is 0.465 e. The molecule has 1 fully saturated rings. The maximum atomic E-state index is 11.2. The quantitative estimate of drug-likeness (QED) is 0.713. The maximum Gasteiger partial charge on any atom is 0.407 e. The Morgan fingerprint density at radius 2 is 2.00 bits per heavy atom. The van der Waals surface area contributed by atoms with Gasteiger partial charge >= 0.3 is 6.09 Å². The third kappa shape index (κ3) is 3.78. The number of benzene rings is 1. The summed E-state index contributed by atoms with van der Waals surface area (Å²) in [5, 5.41) is 9.23. The zero-order valence-corrected chi connectivity index (χ0v) is 14.7. The summed E-state index contributed by atoms with van der Waals surface area (Å²) in [5.74, 6) is 6.43. The van der Waals surface area contributed by atoms with Gasteiger partial charge in [0.1, 0.15) is 11.3 Å². The van der Waals surface area contributed by atoms with Gasteiger partial charge in [0.05, 0.1) is 24.9 Å². The Kier molecular flexibility index (Phi) is 4.77. The maximum absolute atomic E-state index is 11.2. The minimum Gasteiger partial charge on any atom is -0.465 e. The van der Waals surface area contributed by atoms with Crippen LogP contribution in [0.4, 0.5) is 4.79 Å². The van der Waals surface area contributed by atoms with E-state index in [2.05, 4.69) is 11.8 Å². The number of hydrogen-bond donors (Lipinski definition) is 1. The van der Waals surface area contributed by atoms with E-state index >= 15 is 0 Å². The topological polar surface area (TPSA) is 67.1 Å². The average molecular weight is 361 g/mol. The van der Waals surface area contributed by atoms with E-state index in [0.29, 0.717) is 26.1 Å². The van der Waals surface area contributed by atoms with Crippen LogP contribution in [0.1, 0.15) is 17.0 Å². The highest BCUT2D eigenvalue weighted by Crippen LogP contribution is 2.17. The minimum absolute atomic E-state index is 0.225. The van der Waals surface area contributed by atoms with Crippen LogP contribution < -0.4 is 0 Å². The molecule has 1 unspecified atom stereocenters. The lowest BCUT2D eigenvalue weighted by Gasteiger charge is -2.30. The number of carbonyl (C=O) groups is 1. The van der Waals surface area contributed by atoms with Crippen LogP contribution >= 0.6 is 0 Å². The summed E-state index contributed by atoms with van der Waals surface area (Å²) in [7, 11) is 0. The fourth-order valence-corrected chi connectivity index (χ4v) is 3.20. The van der Waals surface area contributed by atoms with E-state index in [1.165, 1.54) is 4.90 Å². The fourth-order valence-electron chi connectivity index (χ4n) is 3.20. The summed E-state index contributed by atoms with van der Waals surface area (Å²) in [6.45, 7) is 1.14. The minimum atomic E-state index is -0.914. The third-order valence-electron chi connectivity index (χ3n) is 4.53. The molecule has 3 heterocycles. The zero-order valence-electron chi connectivity index (χ0n) is 14.7. The van der Waals surface area contributed by atoms with Gasteiger partial charge in [-0.2, -0.15) is 0 Å². The highest BCUT2D eigenvalue weighted by atomic mass is 16.5. The van der Waals surface area contributed by atoms with Crippen LogP contribution in [-0.4, -0.2) is 51.3 Å². The molecule has 1 aromatic carbocycles. The lowest BCUT2D eigenvalue weighted by atomic mass is 10.1. The van der Waals surface area contributed by atoms with Gasteiger partial charge in [-0.3, -0.25) is 4.40 Å². The van der Waals surface area contributed by atoms with Gasteiger partial charge in [0.25, 0.3) is 0 Å². The van der Waals surface area contributed by atoms with Crippen molar-refractivity contribution in [3.05, 3.63) is 71.7 Å². The molecular formula is C21H19N3O3. The molecule has 4 rings (SSSR count). The van der Waals surface area contributed by atoms with Crippen LogP contribution in [0.25, 0.3) is 5.65 Å². The molecule has 1 N–H and O–H groups in total. The molecule has 1 amide bonds. The number of pyridine rings is 1. The van der Waals surface area contributed by atoms with Crippen LogP contribution in [-0.2, 0) is 11.2 Å². The zero-order chi connectivity index (χ0) is 18.6. The molecule has 136 valence electrons. The van der Waals surface area contributed by atoms with Crippen LogP contribution in [0.5, 0.6) is 0 Å². The van der Waals surface area contributed by atoms with Gasteiger partial charge in [0, 0.05) is 24.7 Å². The predicted molar refractivity (Wildman–Crippen MR) is 101 cm³/mol. The first-order chi connectivity index (χ1) is 13.2. The van der Waals surface area contributed by atoms with Crippen molar-refractivity contribution in [2.45, 2.75) is 12.5 Å². The van der Waals surface area contributed by atoms with Crippen LogP contribution in [0.15, 0.2) is 54.7 Å². The predicted octanol–water partition coefficient (Wildman–Crippen LogP) is 2.66. The number of imidazole rings is 1. The number of ether oxygens (including phenoxy) is 1. The third-order valence-corrected chi connectivity index (χ3v) is 4.53. The molecule has 0 spiro atoms. The normalized spacial score (nSPS) is 16.7. The van der Waals surface area contributed by atoms with E-state index in [9.17, 15) is 9.90 Å². The highest BCUT2D eigenvalue weighted by molar-refractivity contribution is 5.65. The molecule has 3 aromatic rings. The second-order valence-electron chi connectivity index (χ2n) is 6.38. The summed E-state index contributed by atoms with van der Waals surface area (Å²) in [6, 6.07) is 15.6. The summed E-state index contributed by atoms with van der Waals surface area (Å²) in [6.07, 6.45) is 1.32. The lowest BCUT2D eigenvalue weighted by molar-refractivity contribution is -0.0214. The number of morpholine rings is 1. The Bertz CT molecular complexity index is 1020. The van der Waals surface area contributed by atoms with Gasteiger partial charge in [-0.05, 0) is 30.2 Å². The molecular weight excluding hydrogens is 342 g/mol. The fraction of sp³-hybridized carbons (Fsp3) is 0.238. The van der Waals surface area contributed by atoms with E-state index in [4.69, 9.17) is 9.72 Å². The Labute approximate surface area is 157 Å². The van der Waals surface area contributed by atoms with Gasteiger partial charge in [-0.1, -0.05) is 30.2 Å². The van der Waals surface area contributed by atoms with Crippen LogP contribution in [0.3, 0.4) is 0 Å². The van der Waals surface area contributed by atoms with E-state index in [-0.39, 0.29) is 6.10 Å². The van der Waals surface area contributed by atoms with E-state index < -0.39 is 6.09 Å². The lowest BCUT2D eigenvalue weighted by Crippen LogP contribution is -2.45. The molecule has 27 heavy (non-hydrogen) atoms. The van der Waals surface area contributed by atoms with Crippen molar-refractivity contribution in [2.24, 2.45) is 0 Å². The second-order valence-corrected chi connectivity index (χ2v) is 6.38. The van der Waals surface area contributed by atoms with Gasteiger partial charge in [0.2, 0.25) is 0 Å². The first-order valence-corrected chi connectivity index (χ1v) is 8.83. The summed E-state index contributed by atoms with van der Waals surface area (Å²) in [5.41, 5.74) is 3.38. The number of nitrogens with zero attached hydrogens (tertiary/aromatic N) is 3. The first kappa shape index (κ1) is 17.1. The molecule has 0 aliphatic carbocycles. The molecule has 1 atom stereocenters. The van der Waals surface area contributed by atoms with Gasteiger partial charge < -0.3 is 14.7 Å². The first-order valence-electron chi connectivity index (χ1n) is 8.83. The summed E-state index contributed by atoms with van der Waals surface area (Å²) >= 11 is 0. The molecule has 6 nitrogen and oxygen atoms in total. The highest BCUT2D eigenvalue weighted by Gasteiger charge is 2.26. The summed E-state index contributed by atoms with van der Waals surface area (Å²) in [4.78, 5) is 17.3. The molecule has 1 aliphatic heterocycles. The Morgan fingerprint density at radius 1 is 1.19 bits per heavy atom. The monoisotopic (exact) mass is 361 g/mol. The number of fused-ring (bicyclic) bond motifs is 1. The molecule has 0 saturated carbocycles. The van der Waals surface area contributed by atoms with E-state index in [0.717, 1.165) is 22.6 Å². The number of aromatic nitrogens is 2. The van der Waals surface area contributed by atoms with Crippen molar-refractivity contribution in [1.82, 2.24) is 14.3 Å². The standard InChI is InChI=1S/C21H19N3O3/c25-21(26)23-12-13-27-17(15-23)14-18-19(10-9-16-6-2-1-3-7-16)24-11-5-4-8-20(24)22-18/h1-8,11,17H,12-15H2,(H,25,26). The average Bonchev–Trinajstić information content (AvgIpc) is 3.04. The second kappa shape index (κ2) is 7.52. The number of hydrogen-bond acceptors (Lipinski definition) is 3. The van der Waals surface area contributed by atoms with E-state index in [1.54, 1.807) is 0 Å². The van der Waals surface area contributed by atoms with E-state index in [1.807, 2.05) is 59.1 Å². The van der Waals surface area contributed by atoms with Crippen molar-refractivity contribution >= 4 is 11.7 Å². The van der Waals surface area contributed by atoms with Crippen molar-refractivity contribution in [3.63, 3.8) is 0 Å². The molecule has 0 radical (unpaired) electrons. The molecule has 0 bridgehead atoms. The number of rotatable bonds is 2. The van der Waals surface area contributed by atoms with Crippen LogP contribution in [0.2, 0.25) is 0 Å².